The summed E-state index contributed by atoms with van der Waals surface area (Å²) in [5.41, 5.74) is 8.26. The van der Waals surface area contributed by atoms with Crippen molar-refractivity contribution in [3.63, 3.8) is 0 Å². The Bertz CT molecular complexity index is 527. The first-order valence-electron chi connectivity index (χ1n) is 5.19. The molecule has 1 aromatic carbocycles. The van der Waals surface area contributed by atoms with Gasteiger partial charge in [-0.2, -0.15) is 0 Å². The molecule has 2 N–H and O–H groups in total. The van der Waals surface area contributed by atoms with E-state index < -0.39 is 0 Å². The highest BCUT2D eigenvalue weighted by Gasteiger charge is 2.08. The van der Waals surface area contributed by atoms with Crippen molar-refractivity contribution in [3.05, 3.63) is 36.5 Å². The molecule has 0 fully saturated rings. The number of hydrogen-bond acceptors (Lipinski definition) is 4. The number of rotatable bonds is 3. The summed E-state index contributed by atoms with van der Waals surface area (Å²) in [4.78, 5) is 4.16. The zero-order valence-electron chi connectivity index (χ0n) is 9.81. The van der Waals surface area contributed by atoms with E-state index in [-0.39, 0.29) is 0 Å². The highest BCUT2D eigenvalue weighted by molar-refractivity contribution is 5.73. The third kappa shape index (κ3) is 2.15. The Hall–Kier alpha value is -2.23. The molecule has 4 heteroatoms. The van der Waals surface area contributed by atoms with Crippen LogP contribution >= 0.6 is 0 Å². The molecule has 88 valence electrons. The van der Waals surface area contributed by atoms with Gasteiger partial charge in [-0.1, -0.05) is 6.07 Å². The van der Waals surface area contributed by atoms with Crippen molar-refractivity contribution in [1.82, 2.24) is 4.98 Å². The first-order valence-corrected chi connectivity index (χ1v) is 5.19. The van der Waals surface area contributed by atoms with Crippen LogP contribution in [0.1, 0.15) is 0 Å². The average Bonchev–Trinajstić information content (AvgIpc) is 2.39. The monoisotopic (exact) mass is 230 g/mol. The number of nitrogen functional groups attached to an aromatic ring is 1. The van der Waals surface area contributed by atoms with Crippen molar-refractivity contribution in [3.8, 4) is 22.8 Å². The number of methoxy groups -OCH3 is 2. The summed E-state index contributed by atoms with van der Waals surface area (Å²) in [7, 11) is 3.19. The number of aromatic nitrogens is 1. The quantitative estimate of drug-likeness (QED) is 0.822. The molecule has 0 atom stereocenters. The lowest BCUT2D eigenvalue weighted by Gasteiger charge is -2.10. The molecule has 0 amide bonds. The molecule has 0 aliphatic carbocycles. The van der Waals surface area contributed by atoms with Crippen LogP contribution in [0.15, 0.2) is 36.5 Å². The highest BCUT2D eigenvalue weighted by atomic mass is 16.5. The minimum absolute atomic E-state index is 0.583. The second-order valence-corrected chi connectivity index (χ2v) is 3.52. The van der Waals surface area contributed by atoms with Gasteiger partial charge in [-0.3, -0.25) is 0 Å². The van der Waals surface area contributed by atoms with Crippen LogP contribution in [0.25, 0.3) is 11.1 Å². The molecule has 2 rings (SSSR count). The number of anilines is 1. The van der Waals surface area contributed by atoms with Crippen molar-refractivity contribution < 1.29 is 9.47 Å². The number of nitrogens with two attached hydrogens (primary N) is 1. The van der Waals surface area contributed by atoms with E-state index in [0.29, 0.717) is 17.3 Å². The van der Waals surface area contributed by atoms with Gasteiger partial charge >= 0.3 is 0 Å². The molecule has 0 saturated heterocycles. The van der Waals surface area contributed by atoms with Gasteiger partial charge in [0.15, 0.2) is 0 Å². The predicted octanol–water partition coefficient (Wildman–Crippen LogP) is 2.35. The van der Waals surface area contributed by atoms with Gasteiger partial charge < -0.3 is 15.2 Å². The normalized spacial score (nSPS) is 10.0. The van der Waals surface area contributed by atoms with Crippen molar-refractivity contribution in [2.24, 2.45) is 0 Å². The summed E-state index contributed by atoms with van der Waals surface area (Å²) in [6.45, 7) is 0. The molecule has 0 unspecified atom stereocenters. The number of ether oxygens (including phenoxy) is 2. The molecule has 2 aromatic rings. The molecule has 4 nitrogen and oxygen atoms in total. The van der Waals surface area contributed by atoms with Crippen LogP contribution < -0.4 is 15.2 Å². The van der Waals surface area contributed by atoms with E-state index in [4.69, 9.17) is 15.2 Å². The molecule has 0 aliphatic heterocycles. The first-order chi connectivity index (χ1) is 8.26. The summed E-state index contributed by atoms with van der Waals surface area (Å²) in [6.07, 6.45) is 1.69. The lowest BCUT2D eigenvalue weighted by molar-refractivity contribution is 0.399. The number of benzene rings is 1. The fourth-order valence-electron chi connectivity index (χ4n) is 1.65. The molecule has 1 aromatic heterocycles. The summed E-state index contributed by atoms with van der Waals surface area (Å²) in [5.74, 6) is 1.23. The molecular formula is C13H14N2O2. The van der Waals surface area contributed by atoms with Crippen LogP contribution in [0.5, 0.6) is 11.6 Å². The van der Waals surface area contributed by atoms with Crippen LogP contribution in [-0.2, 0) is 0 Å². The number of pyridine rings is 1. The Morgan fingerprint density at radius 1 is 1.12 bits per heavy atom. The van der Waals surface area contributed by atoms with Gasteiger partial charge in [-0.05, 0) is 29.8 Å². The van der Waals surface area contributed by atoms with Gasteiger partial charge in [0.05, 0.1) is 19.9 Å². The Labute approximate surface area is 100 Å². The zero-order valence-corrected chi connectivity index (χ0v) is 9.81. The Kier molecular flexibility index (Phi) is 3.14. The Morgan fingerprint density at radius 3 is 2.65 bits per heavy atom. The lowest BCUT2D eigenvalue weighted by atomic mass is 10.1. The maximum absolute atomic E-state index is 5.78. The van der Waals surface area contributed by atoms with E-state index in [9.17, 15) is 0 Å². The summed E-state index contributed by atoms with van der Waals surface area (Å²) < 4.78 is 10.4. The van der Waals surface area contributed by atoms with Crippen LogP contribution in [0, 0.1) is 0 Å². The molecule has 0 bridgehead atoms. The molecule has 0 radical (unpaired) electrons. The van der Waals surface area contributed by atoms with Gasteiger partial charge in [0, 0.05) is 11.8 Å². The summed E-state index contributed by atoms with van der Waals surface area (Å²) >= 11 is 0. The smallest absolute Gasteiger partial charge is 0.221 e. The maximum atomic E-state index is 5.78. The van der Waals surface area contributed by atoms with Gasteiger partial charge in [-0.25, -0.2) is 4.98 Å². The van der Waals surface area contributed by atoms with Crippen molar-refractivity contribution >= 4 is 5.69 Å². The molecular weight excluding hydrogens is 216 g/mol. The average molecular weight is 230 g/mol. The van der Waals surface area contributed by atoms with Crippen LogP contribution in [0.3, 0.4) is 0 Å². The zero-order chi connectivity index (χ0) is 12.3. The maximum Gasteiger partial charge on any atom is 0.221 e. The molecule has 0 saturated carbocycles. The Balaban J connectivity index is 2.53. The van der Waals surface area contributed by atoms with Crippen LogP contribution in [0.2, 0.25) is 0 Å². The summed E-state index contributed by atoms with van der Waals surface area (Å²) in [6, 6.07) is 9.39. The van der Waals surface area contributed by atoms with E-state index in [1.165, 1.54) is 0 Å². The van der Waals surface area contributed by atoms with E-state index in [2.05, 4.69) is 4.98 Å². The van der Waals surface area contributed by atoms with Crippen molar-refractivity contribution in [1.29, 1.82) is 0 Å². The van der Waals surface area contributed by atoms with E-state index in [1.54, 1.807) is 26.5 Å². The second-order valence-electron chi connectivity index (χ2n) is 3.52. The third-order valence-electron chi connectivity index (χ3n) is 2.51. The second kappa shape index (κ2) is 4.74. The number of nitrogens with zero attached hydrogens (tertiary/aromatic N) is 1. The van der Waals surface area contributed by atoms with Gasteiger partial charge in [0.2, 0.25) is 5.88 Å². The van der Waals surface area contributed by atoms with Gasteiger partial charge in [0.25, 0.3) is 0 Å². The summed E-state index contributed by atoms with van der Waals surface area (Å²) in [5, 5.41) is 0. The molecule has 1 heterocycles. The SMILES string of the molecule is COc1cc(-c2cccnc2OC)ccc1N. The van der Waals surface area contributed by atoms with E-state index in [0.717, 1.165) is 11.1 Å². The van der Waals surface area contributed by atoms with Crippen LogP contribution in [0.4, 0.5) is 5.69 Å². The van der Waals surface area contributed by atoms with Crippen molar-refractivity contribution in [2.75, 3.05) is 20.0 Å². The molecule has 0 spiro atoms. The molecule has 17 heavy (non-hydrogen) atoms. The predicted molar refractivity (Wildman–Crippen MR) is 67.2 cm³/mol. The van der Waals surface area contributed by atoms with E-state index in [1.807, 2.05) is 24.3 Å². The third-order valence-corrected chi connectivity index (χ3v) is 2.51. The number of hydrogen-bond donors (Lipinski definition) is 1. The van der Waals surface area contributed by atoms with Crippen molar-refractivity contribution in [2.45, 2.75) is 0 Å². The topological polar surface area (TPSA) is 57.4 Å². The lowest BCUT2D eigenvalue weighted by Crippen LogP contribution is -1.94. The minimum atomic E-state index is 0.583. The van der Waals surface area contributed by atoms with Gasteiger partial charge in [0.1, 0.15) is 5.75 Å². The molecule has 0 aliphatic rings. The Morgan fingerprint density at radius 2 is 1.94 bits per heavy atom. The highest BCUT2D eigenvalue weighted by Crippen LogP contribution is 2.32. The largest absolute Gasteiger partial charge is 0.495 e. The van der Waals surface area contributed by atoms with E-state index >= 15 is 0 Å². The minimum Gasteiger partial charge on any atom is -0.495 e. The first kappa shape index (κ1) is 11.3. The van der Waals surface area contributed by atoms with Gasteiger partial charge in [-0.15, -0.1) is 0 Å². The fraction of sp³-hybridized carbons (Fsp3) is 0.154. The standard InChI is InChI=1S/C13H14N2O2/c1-16-12-8-9(5-6-11(12)14)10-4-3-7-15-13(10)17-2/h3-8H,14H2,1-2H3. The van der Waals surface area contributed by atoms with Crippen LogP contribution in [-0.4, -0.2) is 19.2 Å². The fourth-order valence-corrected chi connectivity index (χ4v) is 1.65.